The molecule has 3 aliphatic rings. The van der Waals surface area contributed by atoms with Crippen LogP contribution >= 0.6 is 7.82 Å². The molecule has 0 aliphatic carbocycles. The van der Waals surface area contributed by atoms with E-state index in [1.165, 1.54) is 17.8 Å². The Bertz CT molecular complexity index is 998. The lowest BCUT2D eigenvalue weighted by molar-refractivity contribution is -0.0702. The zero-order valence-corrected chi connectivity index (χ0v) is 16.9. The van der Waals surface area contributed by atoms with Crippen molar-refractivity contribution in [2.45, 2.75) is 44.4 Å². The largest absolute Gasteiger partial charge is 0.475 e. The number of halogens is 1. The molecular formula is C16H22FN6O5P. The second kappa shape index (κ2) is 6.58. The van der Waals surface area contributed by atoms with Gasteiger partial charge in [0.05, 0.1) is 19.5 Å². The third-order valence-corrected chi connectivity index (χ3v) is 6.96. The lowest BCUT2D eigenvalue weighted by atomic mass is 9.98. The molecule has 0 saturated carbocycles. The van der Waals surface area contributed by atoms with Crippen LogP contribution < -0.4 is 10.6 Å². The molecule has 2 aromatic rings. The summed E-state index contributed by atoms with van der Waals surface area (Å²) in [5, 5.41) is 0. The molecule has 29 heavy (non-hydrogen) atoms. The highest BCUT2D eigenvalue weighted by molar-refractivity contribution is 7.48. The molecule has 3 saturated heterocycles. The molecule has 13 heteroatoms. The van der Waals surface area contributed by atoms with Gasteiger partial charge in [-0.1, -0.05) is 0 Å². The topological polar surface area (TPSA) is 127 Å². The quantitative estimate of drug-likeness (QED) is 0.720. The van der Waals surface area contributed by atoms with E-state index in [-0.39, 0.29) is 19.2 Å². The van der Waals surface area contributed by atoms with Gasteiger partial charge in [-0.15, -0.1) is 0 Å². The number of nitrogen functional groups attached to an aromatic ring is 1. The van der Waals surface area contributed by atoms with E-state index in [0.29, 0.717) is 17.0 Å². The van der Waals surface area contributed by atoms with Gasteiger partial charge in [0.25, 0.3) is 0 Å². The third-order valence-electron chi connectivity index (χ3n) is 5.44. The Morgan fingerprint density at radius 1 is 1.45 bits per heavy atom. The summed E-state index contributed by atoms with van der Waals surface area (Å²) < 4.78 is 51.5. The molecular weight excluding hydrogens is 406 g/mol. The Morgan fingerprint density at radius 2 is 2.24 bits per heavy atom. The standard InChI is InChI=1S/C16H22FN6O5P/c1-3-25-29(24)26-7-9-11(28-29)16(2,17)14(27-9)23-8-19-10-12(22-5-4-6-22)20-15(18)21-13(10)23/h8-9,11,14H,3-7H2,1-2H3,(H2,18,20,21)/t9-,11-,14-,16-,29+/m1/s1. The number of nitrogens with zero attached hydrogens (tertiary/aromatic N) is 5. The van der Waals surface area contributed by atoms with Crippen LogP contribution in [0.1, 0.15) is 26.5 Å². The molecule has 5 heterocycles. The average molecular weight is 428 g/mol. The van der Waals surface area contributed by atoms with Crippen LogP contribution in [0.3, 0.4) is 0 Å². The van der Waals surface area contributed by atoms with Crippen molar-refractivity contribution in [2.75, 3.05) is 36.9 Å². The molecule has 0 bridgehead atoms. The zero-order valence-electron chi connectivity index (χ0n) is 16.0. The van der Waals surface area contributed by atoms with Crippen molar-refractivity contribution in [3.63, 3.8) is 0 Å². The molecule has 11 nitrogen and oxygen atoms in total. The zero-order chi connectivity index (χ0) is 20.4. The van der Waals surface area contributed by atoms with Gasteiger partial charge >= 0.3 is 7.82 Å². The molecule has 5 rings (SSSR count). The average Bonchev–Trinajstić information content (AvgIpc) is 3.12. The van der Waals surface area contributed by atoms with Crippen molar-refractivity contribution in [1.29, 1.82) is 0 Å². The minimum atomic E-state index is -3.84. The van der Waals surface area contributed by atoms with Crippen LogP contribution in [0.4, 0.5) is 16.2 Å². The predicted molar refractivity (Wildman–Crippen MR) is 100 cm³/mol. The normalized spacial score (nSPS) is 36.9. The van der Waals surface area contributed by atoms with Crippen LogP contribution in [-0.4, -0.2) is 63.7 Å². The fourth-order valence-electron chi connectivity index (χ4n) is 3.91. The number of hydrogen-bond donors (Lipinski definition) is 1. The molecule has 3 fully saturated rings. The Morgan fingerprint density at radius 3 is 2.93 bits per heavy atom. The smallest absolute Gasteiger partial charge is 0.368 e. The molecule has 158 valence electrons. The Hall–Kier alpha value is -1.85. The molecule has 2 N–H and O–H groups in total. The summed E-state index contributed by atoms with van der Waals surface area (Å²) in [7, 11) is -3.84. The van der Waals surface area contributed by atoms with Crippen LogP contribution in [0.5, 0.6) is 0 Å². The van der Waals surface area contributed by atoms with Gasteiger partial charge in [-0.05, 0) is 20.3 Å². The molecule has 3 aliphatic heterocycles. The van der Waals surface area contributed by atoms with E-state index in [4.69, 9.17) is 24.0 Å². The van der Waals surface area contributed by atoms with E-state index < -0.39 is 31.9 Å². The summed E-state index contributed by atoms with van der Waals surface area (Å²) in [6.45, 7) is 4.68. The number of alkyl halides is 1. The van der Waals surface area contributed by atoms with Crippen LogP contribution in [-0.2, 0) is 22.9 Å². The minimum Gasteiger partial charge on any atom is -0.368 e. The molecule has 0 radical (unpaired) electrons. The monoisotopic (exact) mass is 428 g/mol. The van der Waals surface area contributed by atoms with E-state index in [0.717, 1.165) is 19.5 Å². The van der Waals surface area contributed by atoms with Crippen molar-refractivity contribution < 1.29 is 27.3 Å². The van der Waals surface area contributed by atoms with Crippen LogP contribution in [0, 0.1) is 0 Å². The van der Waals surface area contributed by atoms with Crippen molar-refractivity contribution >= 4 is 30.8 Å². The number of anilines is 2. The highest BCUT2D eigenvalue weighted by atomic mass is 31.2. The Balaban J connectivity index is 1.52. The number of nitrogens with two attached hydrogens (primary N) is 1. The van der Waals surface area contributed by atoms with E-state index in [9.17, 15) is 4.57 Å². The first-order valence-corrected chi connectivity index (χ1v) is 11.0. The van der Waals surface area contributed by atoms with Gasteiger partial charge in [-0.25, -0.2) is 13.9 Å². The lowest BCUT2D eigenvalue weighted by Crippen LogP contribution is -2.44. The summed E-state index contributed by atoms with van der Waals surface area (Å²) in [5.41, 5.74) is 4.73. The number of rotatable bonds is 4. The summed E-state index contributed by atoms with van der Waals surface area (Å²) >= 11 is 0. The lowest BCUT2D eigenvalue weighted by Gasteiger charge is -2.33. The first-order valence-electron chi connectivity index (χ1n) is 9.49. The summed E-state index contributed by atoms with van der Waals surface area (Å²) in [5.74, 6) is 0.687. The van der Waals surface area contributed by atoms with Crippen LogP contribution in [0.25, 0.3) is 11.2 Å². The van der Waals surface area contributed by atoms with Crippen LogP contribution in [0.15, 0.2) is 6.33 Å². The van der Waals surface area contributed by atoms with Gasteiger partial charge in [0.1, 0.15) is 12.2 Å². The Labute approximate surface area is 165 Å². The van der Waals surface area contributed by atoms with Crippen molar-refractivity contribution in [1.82, 2.24) is 19.5 Å². The fraction of sp³-hybridized carbons (Fsp3) is 0.688. The summed E-state index contributed by atoms with van der Waals surface area (Å²) in [6.07, 6.45) is -0.516. The number of phosphoric acid groups is 1. The Kier molecular flexibility index (Phi) is 4.34. The van der Waals surface area contributed by atoms with Crippen LogP contribution in [0.2, 0.25) is 0 Å². The van der Waals surface area contributed by atoms with Crippen molar-refractivity contribution in [2.24, 2.45) is 0 Å². The number of fused-ring (bicyclic) bond motifs is 2. The number of phosphoric ester groups is 1. The van der Waals surface area contributed by atoms with E-state index in [1.54, 1.807) is 6.92 Å². The molecule has 2 aromatic heterocycles. The van der Waals surface area contributed by atoms with Crippen molar-refractivity contribution in [3.8, 4) is 0 Å². The minimum absolute atomic E-state index is 0.0672. The molecule has 0 amide bonds. The maximum atomic E-state index is 15.9. The second-order valence-corrected chi connectivity index (χ2v) is 9.06. The molecule has 5 atom stereocenters. The van der Waals surface area contributed by atoms with Gasteiger partial charge in [0.15, 0.2) is 28.9 Å². The fourth-order valence-corrected chi connectivity index (χ4v) is 5.37. The molecule has 0 unspecified atom stereocenters. The van der Waals surface area contributed by atoms with Gasteiger partial charge in [0.2, 0.25) is 5.95 Å². The van der Waals surface area contributed by atoms with Crippen molar-refractivity contribution in [3.05, 3.63) is 6.33 Å². The highest BCUT2D eigenvalue weighted by Gasteiger charge is 2.61. The highest BCUT2D eigenvalue weighted by Crippen LogP contribution is 2.59. The number of hydrogen-bond acceptors (Lipinski definition) is 10. The first kappa shape index (κ1) is 19.1. The van der Waals surface area contributed by atoms with E-state index >= 15 is 4.39 Å². The predicted octanol–water partition coefficient (Wildman–Crippen LogP) is 1.80. The number of ether oxygens (including phenoxy) is 1. The van der Waals surface area contributed by atoms with Gasteiger partial charge < -0.3 is 15.4 Å². The molecule has 0 aromatic carbocycles. The SMILES string of the molecule is CCO[P@@]1(=O)OC[C@H]2O[C@@H](n3cnc4c(N5CCC5)nc(N)nc43)[C@](C)(F)[C@@H]2O1. The number of aromatic nitrogens is 4. The maximum Gasteiger partial charge on any atom is 0.475 e. The molecule has 0 spiro atoms. The van der Waals surface area contributed by atoms with Gasteiger partial charge in [-0.2, -0.15) is 9.97 Å². The number of imidazole rings is 1. The summed E-state index contributed by atoms with van der Waals surface area (Å²) in [4.78, 5) is 15.0. The van der Waals surface area contributed by atoms with Gasteiger partial charge in [-0.3, -0.25) is 18.1 Å². The first-order chi connectivity index (χ1) is 13.8. The third kappa shape index (κ3) is 2.93. The maximum absolute atomic E-state index is 15.9. The second-order valence-electron chi connectivity index (χ2n) is 7.43. The summed E-state index contributed by atoms with van der Waals surface area (Å²) in [6, 6.07) is 0. The van der Waals surface area contributed by atoms with E-state index in [1.807, 2.05) is 4.90 Å². The van der Waals surface area contributed by atoms with E-state index in [2.05, 4.69) is 15.0 Å². The van der Waals surface area contributed by atoms with Gasteiger partial charge in [0, 0.05) is 13.1 Å².